The van der Waals surface area contributed by atoms with Gasteiger partial charge in [0.2, 0.25) is 0 Å². The number of nitrogens with zero attached hydrogens (tertiary/aromatic N) is 4. The molecule has 3 aromatic rings. The van der Waals surface area contributed by atoms with Gasteiger partial charge < -0.3 is 14.2 Å². The largest absolute Gasteiger partial charge is 0.493 e. The molecule has 146 valence electrons. The SMILES string of the molecule is CCc1cc(C)cc(OCCOc2ccc(C=Nn3cnnc3)cc2OC)c1. The molecule has 1 heterocycles. The van der Waals surface area contributed by atoms with Crippen LogP contribution in [-0.4, -0.2) is 41.4 Å². The fourth-order valence-corrected chi connectivity index (χ4v) is 2.70. The molecule has 0 amide bonds. The first-order chi connectivity index (χ1) is 13.7. The van der Waals surface area contributed by atoms with E-state index in [4.69, 9.17) is 14.2 Å². The lowest BCUT2D eigenvalue weighted by molar-refractivity contribution is 0.211. The van der Waals surface area contributed by atoms with Crippen LogP contribution in [0.15, 0.2) is 54.2 Å². The molecule has 1 aromatic heterocycles. The van der Waals surface area contributed by atoms with E-state index in [2.05, 4.69) is 41.3 Å². The first-order valence-corrected chi connectivity index (χ1v) is 9.11. The molecule has 0 fully saturated rings. The molecule has 0 saturated carbocycles. The van der Waals surface area contributed by atoms with Crippen molar-refractivity contribution >= 4 is 6.21 Å². The molecule has 0 unspecified atom stereocenters. The predicted octanol–water partition coefficient (Wildman–Crippen LogP) is 3.50. The van der Waals surface area contributed by atoms with Gasteiger partial charge in [-0.3, -0.25) is 0 Å². The van der Waals surface area contributed by atoms with Gasteiger partial charge in [0.05, 0.1) is 13.3 Å². The molecule has 7 heteroatoms. The van der Waals surface area contributed by atoms with Gasteiger partial charge in [-0.1, -0.05) is 13.0 Å². The van der Waals surface area contributed by atoms with Crippen molar-refractivity contribution in [3.63, 3.8) is 0 Å². The monoisotopic (exact) mass is 380 g/mol. The lowest BCUT2D eigenvalue weighted by Crippen LogP contribution is -2.10. The van der Waals surface area contributed by atoms with Crippen LogP contribution in [0.4, 0.5) is 0 Å². The van der Waals surface area contributed by atoms with Crippen molar-refractivity contribution in [3.05, 3.63) is 65.7 Å². The summed E-state index contributed by atoms with van der Waals surface area (Å²) in [7, 11) is 1.61. The topological polar surface area (TPSA) is 70.8 Å². The minimum Gasteiger partial charge on any atom is -0.493 e. The van der Waals surface area contributed by atoms with Crippen LogP contribution in [0.1, 0.15) is 23.6 Å². The first-order valence-electron chi connectivity index (χ1n) is 9.11. The number of aryl methyl sites for hydroxylation is 2. The van der Waals surface area contributed by atoms with E-state index in [9.17, 15) is 0 Å². The number of aromatic nitrogens is 3. The van der Waals surface area contributed by atoms with E-state index in [1.807, 2.05) is 24.3 Å². The van der Waals surface area contributed by atoms with E-state index in [0.29, 0.717) is 24.7 Å². The fraction of sp³-hybridized carbons (Fsp3) is 0.286. The van der Waals surface area contributed by atoms with Crippen LogP contribution in [0, 0.1) is 6.92 Å². The molecule has 2 aromatic carbocycles. The van der Waals surface area contributed by atoms with Crippen molar-refractivity contribution in [2.45, 2.75) is 20.3 Å². The second-order valence-electron chi connectivity index (χ2n) is 6.20. The van der Waals surface area contributed by atoms with Crippen molar-refractivity contribution in [2.75, 3.05) is 20.3 Å². The van der Waals surface area contributed by atoms with Gasteiger partial charge in [0.1, 0.15) is 31.6 Å². The summed E-state index contributed by atoms with van der Waals surface area (Å²) >= 11 is 0. The summed E-state index contributed by atoms with van der Waals surface area (Å²) in [6.07, 6.45) is 5.71. The number of ether oxygens (including phenoxy) is 3. The molecule has 7 nitrogen and oxygen atoms in total. The molecule has 3 rings (SSSR count). The predicted molar refractivity (Wildman–Crippen MR) is 108 cm³/mol. The van der Waals surface area contributed by atoms with E-state index in [-0.39, 0.29) is 0 Å². The zero-order chi connectivity index (χ0) is 19.8. The van der Waals surface area contributed by atoms with Crippen LogP contribution in [0.5, 0.6) is 17.2 Å². The van der Waals surface area contributed by atoms with Gasteiger partial charge in [0.25, 0.3) is 0 Å². The lowest BCUT2D eigenvalue weighted by atomic mass is 10.1. The van der Waals surface area contributed by atoms with Gasteiger partial charge in [-0.25, -0.2) is 4.68 Å². The maximum atomic E-state index is 5.83. The molecule has 0 aliphatic carbocycles. The zero-order valence-corrected chi connectivity index (χ0v) is 16.3. The minimum absolute atomic E-state index is 0.417. The van der Waals surface area contributed by atoms with E-state index < -0.39 is 0 Å². The van der Waals surface area contributed by atoms with Crippen molar-refractivity contribution in [1.82, 2.24) is 14.9 Å². The molecule has 0 bridgehead atoms. The lowest BCUT2D eigenvalue weighted by Gasteiger charge is -2.13. The second-order valence-corrected chi connectivity index (χ2v) is 6.20. The summed E-state index contributed by atoms with van der Waals surface area (Å²) in [5, 5.41) is 11.6. The molecule has 0 saturated heterocycles. The van der Waals surface area contributed by atoms with Gasteiger partial charge in [-0.05, 0) is 60.4 Å². The third-order valence-electron chi connectivity index (χ3n) is 4.06. The standard InChI is InChI=1S/C21H24N4O3/c1-4-17-9-16(2)10-19(11-17)27-7-8-28-20-6-5-18(12-21(20)26-3)13-24-25-14-22-23-15-25/h5-6,9-15H,4,7-8H2,1-3H3. The van der Waals surface area contributed by atoms with Crippen LogP contribution in [-0.2, 0) is 6.42 Å². The van der Waals surface area contributed by atoms with Gasteiger partial charge in [0, 0.05) is 0 Å². The Morgan fingerprint density at radius 2 is 1.79 bits per heavy atom. The van der Waals surface area contributed by atoms with Crippen molar-refractivity contribution in [3.8, 4) is 17.2 Å². The van der Waals surface area contributed by atoms with Crippen LogP contribution in [0.2, 0.25) is 0 Å². The number of benzene rings is 2. The smallest absolute Gasteiger partial charge is 0.161 e. The van der Waals surface area contributed by atoms with E-state index in [0.717, 1.165) is 17.7 Å². The maximum absolute atomic E-state index is 5.83. The number of rotatable bonds is 9. The average Bonchev–Trinajstić information content (AvgIpc) is 3.23. The Morgan fingerprint density at radius 1 is 1.00 bits per heavy atom. The molecule has 0 atom stereocenters. The Morgan fingerprint density at radius 3 is 2.54 bits per heavy atom. The summed E-state index contributed by atoms with van der Waals surface area (Å²) < 4.78 is 18.6. The summed E-state index contributed by atoms with van der Waals surface area (Å²) in [6.45, 7) is 5.07. The van der Waals surface area contributed by atoms with E-state index in [1.54, 1.807) is 13.3 Å². The van der Waals surface area contributed by atoms with Crippen LogP contribution in [0.25, 0.3) is 0 Å². The number of hydrogen-bond acceptors (Lipinski definition) is 6. The van der Waals surface area contributed by atoms with Gasteiger partial charge in [-0.15, -0.1) is 10.2 Å². The summed E-state index contributed by atoms with van der Waals surface area (Å²) in [5.41, 5.74) is 3.34. The normalized spacial score (nSPS) is 11.0. The highest BCUT2D eigenvalue weighted by Gasteiger charge is 2.06. The van der Waals surface area contributed by atoms with E-state index >= 15 is 0 Å². The van der Waals surface area contributed by atoms with Gasteiger partial charge in [-0.2, -0.15) is 5.10 Å². The van der Waals surface area contributed by atoms with Crippen molar-refractivity contribution in [2.24, 2.45) is 5.10 Å². The quantitative estimate of drug-likeness (QED) is 0.420. The van der Waals surface area contributed by atoms with Crippen LogP contribution >= 0.6 is 0 Å². The summed E-state index contributed by atoms with van der Waals surface area (Å²) in [4.78, 5) is 0. The Balaban J connectivity index is 1.56. The average molecular weight is 380 g/mol. The molecule has 0 aliphatic rings. The molecule has 0 radical (unpaired) electrons. The third kappa shape index (κ3) is 5.33. The Kier molecular flexibility index (Phi) is 6.62. The highest BCUT2D eigenvalue weighted by molar-refractivity contribution is 5.80. The van der Waals surface area contributed by atoms with Crippen molar-refractivity contribution in [1.29, 1.82) is 0 Å². The number of hydrogen-bond donors (Lipinski definition) is 0. The molecular weight excluding hydrogens is 356 g/mol. The minimum atomic E-state index is 0.417. The Bertz CT molecular complexity index is 923. The molecule has 0 N–H and O–H groups in total. The summed E-state index contributed by atoms with van der Waals surface area (Å²) in [5.74, 6) is 2.16. The van der Waals surface area contributed by atoms with Crippen LogP contribution in [0.3, 0.4) is 0 Å². The molecule has 0 spiro atoms. The summed E-state index contributed by atoms with van der Waals surface area (Å²) in [6, 6.07) is 11.9. The molecule has 0 aliphatic heterocycles. The molecular formula is C21H24N4O3. The van der Waals surface area contributed by atoms with Gasteiger partial charge in [0.15, 0.2) is 11.5 Å². The third-order valence-corrected chi connectivity index (χ3v) is 4.06. The Labute approximate surface area is 164 Å². The first kappa shape index (κ1) is 19.4. The zero-order valence-electron chi connectivity index (χ0n) is 16.3. The molecule has 28 heavy (non-hydrogen) atoms. The Hall–Kier alpha value is -3.35. The van der Waals surface area contributed by atoms with Crippen LogP contribution < -0.4 is 14.2 Å². The van der Waals surface area contributed by atoms with E-state index in [1.165, 1.54) is 28.5 Å². The fourth-order valence-electron chi connectivity index (χ4n) is 2.70. The number of methoxy groups -OCH3 is 1. The van der Waals surface area contributed by atoms with Crippen molar-refractivity contribution < 1.29 is 14.2 Å². The second kappa shape index (κ2) is 9.55. The van der Waals surface area contributed by atoms with Gasteiger partial charge >= 0.3 is 0 Å². The highest BCUT2D eigenvalue weighted by Crippen LogP contribution is 2.27. The highest BCUT2D eigenvalue weighted by atomic mass is 16.5. The maximum Gasteiger partial charge on any atom is 0.161 e.